The Morgan fingerprint density at radius 3 is 1.96 bits per heavy atom. The van der Waals surface area contributed by atoms with E-state index in [9.17, 15) is 4.79 Å². The van der Waals surface area contributed by atoms with Crippen LogP contribution in [-0.2, 0) is 16.0 Å². The molecule has 0 spiro atoms. The summed E-state index contributed by atoms with van der Waals surface area (Å²) in [6.45, 7) is 2.08. The number of ether oxygens (including phenoxy) is 5. The summed E-state index contributed by atoms with van der Waals surface area (Å²) >= 11 is 0. The van der Waals surface area contributed by atoms with Crippen LogP contribution >= 0.6 is 0 Å². The topological polar surface area (TPSA) is 63.2 Å². The number of esters is 1. The molecule has 2 aromatic carbocycles. The number of hydrogen-bond acceptors (Lipinski definition) is 6. The van der Waals surface area contributed by atoms with Crippen LogP contribution in [0.1, 0.15) is 18.1 Å². The first-order chi connectivity index (χ1) is 13.6. The van der Waals surface area contributed by atoms with Crippen LogP contribution in [0, 0.1) is 0 Å². The Bertz CT molecular complexity index is 798. The quantitative estimate of drug-likeness (QED) is 0.481. The molecule has 2 aromatic rings. The number of methoxy groups -OCH3 is 4. The van der Waals surface area contributed by atoms with Gasteiger partial charge in [-0.05, 0) is 48.4 Å². The molecule has 0 saturated carbocycles. The summed E-state index contributed by atoms with van der Waals surface area (Å²) in [5.41, 5.74) is 2.22. The minimum atomic E-state index is -0.368. The number of carbonyl (C=O) groups excluding carboxylic acids is 1. The standard InChI is InChI=1S/C22H26O6/c1-6-28-22(23)17(11-15-7-9-18(24-2)10-8-15)12-16-13-19(25-3)21(27-5)20(14-16)26-4/h7-10,12-14H,6,11H2,1-5H3/b17-12-. The second kappa shape index (κ2) is 10.3. The lowest BCUT2D eigenvalue weighted by Crippen LogP contribution is -2.10. The van der Waals surface area contributed by atoms with Gasteiger partial charge in [-0.2, -0.15) is 0 Å². The van der Waals surface area contributed by atoms with Crippen molar-refractivity contribution >= 4 is 12.0 Å². The Kier molecular flexibility index (Phi) is 7.75. The van der Waals surface area contributed by atoms with Gasteiger partial charge in [0.2, 0.25) is 5.75 Å². The molecule has 0 aliphatic rings. The summed E-state index contributed by atoms with van der Waals surface area (Å²) in [6, 6.07) is 11.1. The van der Waals surface area contributed by atoms with Crippen molar-refractivity contribution in [3.63, 3.8) is 0 Å². The third-order valence-electron chi connectivity index (χ3n) is 4.12. The highest BCUT2D eigenvalue weighted by molar-refractivity contribution is 5.94. The van der Waals surface area contributed by atoms with Crippen molar-refractivity contribution < 1.29 is 28.5 Å². The number of carbonyl (C=O) groups is 1. The van der Waals surface area contributed by atoms with Gasteiger partial charge in [0, 0.05) is 12.0 Å². The van der Waals surface area contributed by atoms with Crippen LogP contribution in [0.15, 0.2) is 42.0 Å². The van der Waals surface area contributed by atoms with E-state index in [-0.39, 0.29) is 5.97 Å². The summed E-state index contributed by atoms with van der Waals surface area (Å²) < 4.78 is 26.5. The molecular formula is C22H26O6. The van der Waals surface area contributed by atoms with Gasteiger partial charge < -0.3 is 23.7 Å². The Hall–Kier alpha value is -3.15. The van der Waals surface area contributed by atoms with Crippen molar-refractivity contribution in [1.29, 1.82) is 0 Å². The average Bonchev–Trinajstić information content (AvgIpc) is 2.73. The van der Waals surface area contributed by atoms with Crippen LogP contribution in [0.3, 0.4) is 0 Å². The van der Waals surface area contributed by atoms with Gasteiger partial charge in [0.05, 0.1) is 35.0 Å². The maximum absolute atomic E-state index is 12.5. The number of hydrogen-bond donors (Lipinski definition) is 0. The molecule has 0 bridgehead atoms. The van der Waals surface area contributed by atoms with Crippen LogP contribution < -0.4 is 18.9 Å². The van der Waals surface area contributed by atoms with Gasteiger partial charge in [-0.1, -0.05) is 12.1 Å². The Morgan fingerprint density at radius 1 is 0.893 bits per heavy atom. The van der Waals surface area contributed by atoms with Crippen LogP contribution in [0.5, 0.6) is 23.0 Å². The van der Waals surface area contributed by atoms with Crippen LogP contribution in [0.2, 0.25) is 0 Å². The summed E-state index contributed by atoms with van der Waals surface area (Å²) in [7, 11) is 6.26. The number of rotatable bonds is 9. The summed E-state index contributed by atoms with van der Waals surface area (Å²) in [4.78, 5) is 12.5. The highest BCUT2D eigenvalue weighted by Gasteiger charge is 2.16. The molecule has 0 heterocycles. The summed E-state index contributed by atoms with van der Waals surface area (Å²) in [5.74, 6) is 1.92. The zero-order valence-corrected chi connectivity index (χ0v) is 16.9. The summed E-state index contributed by atoms with van der Waals surface area (Å²) in [6.07, 6.45) is 2.19. The smallest absolute Gasteiger partial charge is 0.334 e. The van der Waals surface area contributed by atoms with E-state index in [1.165, 1.54) is 0 Å². The minimum Gasteiger partial charge on any atom is -0.497 e. The molecule has 0 saturated heterocycles. The van der Waals surface area contributed by atoms with E-state index >= 15 is 0 Å². The molecule has 0 unspecified atom stereocenters. The highest BCUT2D eigenvalue weighted by atomic mass is 16.5. The predicted octanol–water partition coefficient (Wildman–Crippen LogP) is 3.91. The van der Waals surface area contributed by atoms with Crippen LogP contribution in [0.4, 0.5) is 0 Å². The van der Waals surface area contributed by atoms with Crippen molar-refractivity contribution in [1.82, 2.24) is 0 Å². The third kappa shape index (κ3) is 5.19. The zero-order valence-electron chi connectivity index (χ0n) is 16.9. The van der Waals surface area contributed by atoms with Gasteiger partial charge in [-0.3, -0.25) is 0 Å². The molecule has 28 heavy (non-hydrogen) atoms. The SMILES string of the molecule is CCOC(=O)/C(=C\c1cc(OC)c(OC)c(OC)c1)Cc1ccc(OC)cc1. The molecule has 6 heteroatoms. The van der Waals surface area contributed by atoms with Gasteiger partial charge in [0.15, 0.2) is 11.5 Å². The van der Waals surface area contributed by atoms with E-state index < -0.39 is 0 Å². The number of benzene rings is 2. The first-order valence-corrected chi connectivity index (χ1v) is 8.86. The average molecular weight is 386 g/mol. The Morgan fingerprint density at radius 2 is 1.50 bits per heavy atom. The second-order valence-corrected chi connectivity index (χ2v) is 5.87. The monoisotopic (exact) mass is 386 g/mol. The molecule has 2 rings (SSSR count). The van der Waals surface area contributed by atoms with Gasteiger partial charge in [0.25, 0.3) is 0 Å². The lowest BCUT2D eigenvalue weighted by atomic mass is 10.0. The van der Waals surface area contributed by atoms with Gasteiger partial charge in [-0.15, -0.1) is 0 Å². The normalized spacial score (nSPS) is 11.0. The second-order valence-electron chi connectivity index (χ2n) is 5.87. The van der Waals surface area contributed by atoms with E-state index in [0.29, 0.717) is 35.8 Å². The molecule has 150 valence electrons. The Balaban J connectivity index is 2.44. The maximum Gasteiger partial charge on any atom is 0.334 e. The van der Waals surface area contributed by atoms with Gasteiger partial charge >= 0.3 is 5.97 Å². The lowest BCUT2D eigenvalue weighted by molar-refractivity contribution is -0.138. The van der Waals surface area contributed by atoms with E-state index in [0.717, 1.165) is 16.9 Å². The minimum absolute atomic E-state index is 0.300. The molecule has 0 aliphatic carbocycles. The van der Waals surface area contributed by atoms with E-state index in [4.69, 9.17) is 23.7 Å². The van der Waals surface area contributed by atoms with Crippen molar-refractivity contribution in [2.75, 3.05) is 35.0 Å². The molecule has 0 N–H and O–H groups in total. The Labute approximate surface area is 165 Å². The van der Waals surface area contributed by atoms with E-state index in [1.54, 1.807) is 53.6 Å². The van der Waals surface area contributed by atoms with Crippen LogP contribution in [-0.4, -0.2) is 41.0 Å². The van der Waals surface area contributed by atoms with Crippen LogP contribution in [0.25, 0.3) is 6.08 Å². The zero-order chi connectivity index (χ0) is 20.5. The fourth-order valence-corrected chi connectivity index (χ4v) is 2.76. The van der Waals surface area contributed by atoms with Gasteiger partial charge in [-0.25, -0.2) is 4.79 Å². The fourth-order valence-electron chi connectivity index (χ4n) is 2.76. The molecule has 6 nitrogen and oxygen atoms in total. The lowest BCUT2D eigenvalue weighted by Gasteiger charge is -2.14. The maximum atomic E-state index is 12.5. The molecule has 0 fully saturated rings. The van der Waals surface area contributed by atoms with Crippen molar-refractivity contribution in [3.8, 4) is 23.0 Å². The van der Waals surface area contributed by atoms with Crippen molar-refractivity contribution in [2.45, 2.75) is 13.3 Å². The molecular weight excluding hydrogens is 360 g/mol. The van der Waals surface area contributed by atoms with Crippen molar-refractivity contribution in [3.05, 3.63) is 53.1 Å². The largest absolute Gasteiger partial charge is 0.497 e. The summed E-state index contributed by atoms with van der Waals surface area (Å²) in [5, 5.41) is 0. The van der Waals surface area contributed by atoms with Crippen molar-refractivity contribution in [2.24, 2.45) is 0 Å². The molecule has 0 atom stereocenters. The molecule has 0 aliphatic heterocycles. The molecule has 0 aromatic heterocycles. The first-order valence-electron chi connectivity index (χ1n) is 8.86. The van der Waals surface area contributed by atoms with E-state index in [2.05, 4.69) is 0 Å². The third-order valence-corrected chi connectivity index (χ3v) is 4.12. The predicted molar refractivity (Wildman–Crippen MR) is 107 cm³/mol. The first kappa shape index (κ1) is 21.2. The molecule has 0 radical (unpaired) electrons. The highest BCUT2D eigenvalue weighted by Crippen LogP contribution is 2.38. The van der Waals surface area contributed by atoms with E-state index in [1.807, 2.05) is 24.3 Å². The molecule has 0 amide bonds. The fraction of sp³-hybridized carbons (Fsp3) is 0.318. The van der Waals surface area contributed by atoms with Gasteiger partial charge in [0.1, 0.15) is 5.75 Å².